The number of alkyl halides is 3. The number of nitrogens with one attached hydrogen (secondary N) is 2. The molecule has 11 nitrogen and oxygen atoms in total. The molecule has 218 valence electrons. The van der Waals surface area contributed by atoms with Gasteiger partial charge in [0.25, 0.3) is 5.91 Å². The first-order valence-corrected chi connectivity index (χ1v) is 14.8. The number of rotatable bonds is 5. The number of benzene rings is 1. The highest BCUT2D eigenvalue weighted by Gasteiger charge is 2.47. The Bertz CT molecular complexity index is 1760. The number of ether oxygens (including phenoxy) is 1. The van der Waals surface area contributed by atoms with Crippen LogP contribution in [0, 0.1) is 17.2 Å². The van der Waals surface area contributed by atoms with E-state index in [-0.39, 0.29) is 52.9 Å². The lowest BCUT2D eigenvalue weighted by Crippen LogP contribution is -2.50. The highest BCUT2D eigenvalue weighted by molar-refractivity contribution is 7.91. The molecule has 2 amide bonds. The van der Waals surface area contributed by atoms with Crippen molar-refractivity contribution in [2.75, 3.05) is 23.4 Å². The second-order valence-corrected chi connectivity index (χ2v) is 12.9. The van der Waals surface area contributed by atoms with Gasteiger partial charge >= 0.3 is 6.18 Å². The normalized spacial score (nSPS) is 22.2. The molecule has 3 aromatic rings. The largest absolute Gasteiger partial charge is 0.484 e. The summed E-state index contributed by atoms with van der Waals surface area (Å²) in [6, 6.07) is 9.59. The number of carbonyl (C=O) groups is 2. The van der Waals surface area contributed by atoms with E-state index in [0.29, 0.717) is 18.5 Å². The average Bonchev–Trinajstić information content (AvgIpc) is 3.60. The third-order valence-corrected chi connectivity index (χ3v) is 9.53. The summed E-state index contributed by atoms with van der Waals surface area (Å²) < 4.78 is 68.0. The van der Waals surface area contributed by atoms with Crippen molar-refractivity contribution in [3.63, 3.8) is 0 Å². The maximum atomic E-state index is 13.7. The fraction of sp³-hybridized carbons (Fsp3) is 0.370. The van der Waals surface area contributed by atoms with Crippen LogP contribution in [-0.4, -0.2) is 59.3 Å². The van der Waals surface area contributed by atoms with Crippen molar-refractivity contribution < 1.29 is 35.9 Å². The van der Waals surface area contributed by atoms with Crippen LogP contribution in [0.1, 0.15) is 45.6 Å². The van der Waals surface area contributed by atoms with E-state index in [0.717, 1.165) is 11.1 Å². The Kier molecular flexibility index (Phi) is 6.48. The first-order valence-electron chi connectivity index (χ1n) is 13.0. The Labute approximate surface area is 237 Å². The van der Waals surface area contributed by atoms with Gasteiger partial charge in [0.2, 0.25) is 5.91 Å². The number of hydrogen-bond donors (Lipinski definition) is 2. The molecular formula is C27H23F3N6O5S. The van der Waals surface area contributed by atoms with Crippen molar-refractivity contribution in [2.45, 2.75) is 37.4 Å². The Hall–Kier alpha value is -4.45. The molecule has 0 bridgehead atoms. The molecule has 2 atom stereocenters. The van der Waals surface area contributed by atoms with Crippen molar-refractivity contribution in [3.8, 4) is 17.6 Å². The minimum absolute atomic E-state index is 0.0259. The van der Waals surface area contributed by atoms with Crippen LogP contribution in [0.25, 0.3) is 5.82 Å². The lowest BCUT2D eigenvalue weighted by atomic mass is 9.82. The molecule has 1 fully saturated rings. The number of anilines is 1. The van der Waals surface area contributed by atoms with Crippen LogP contribution < -0.4 is 15.4 Å². The van der Waals surface area contributed by atoms with Crippen molar-refractivity contribution in [1.29, 1.82) is 5.26 Å². The van der Waals surface area contributed by atoms with Crippen LogP contribution in [0.5, 0.6) is 5.75 Å². The molecular weight excluding hydrogens is 577 g/mol. The summed E-state index contributed by atoms with van der Waals surface area (Å²) in [5.74, 6) is -1.99. The third kappa shape index (κ3) is 5.06. The highest BCUT2D eigenvalue weighted by Crippen LogP contribution is 2.44. The molecule has 1 aromatic carbocycles. The quantitative estimate of drug-likeness (QED) is 0.453. The van der Waals surface area contributed by atoms with E-state index < -0.39 is 45.9 Å². The van der Waals surface area contributed by atoms with Gasteiger partial charge in [0, 0.05) is 12.6 Å². The van der Waals surface area contributed by atoms with Gasteiger partial charge in [-0.25, -0.2) is 13.4 Å². The van der Waals surface area contributed by atoms with E-state index in [2.05, 4.69) is 20.7 Å². The van der Waals surface area contributed by atoms with Gasteiger partial charge in [-0.1, -0.05) is 6.07 Å². The zero-order valence-corrected chi connectivity index (χ0v) is 22.7. The topological polar surface area (TPSA) is 156 Å². The zero-order valence-electron chi connectivity index (χ0n) is 21.9. The van der Waals surface area contributed by atoms with E-state index in [1.807, 2.05) is 6.07 Å². The van der Waals surface area contributed by atoms with E-state index in [1.54, 1.807) is 6.07 Å². The van der Waals surface area contributed by atoms with E-state index in [1.165, 1.54) is 35.1 Å². The number of aryl methyl sites for hydroxylation is 1. The number of aromatic nitrogens is 3. The number of hydrogen-bond acceptors (Lipinski definition) is 8. The van der Waals surface area contributed by atoms with Gasteiger partial charge in [0.15, 0.2) is 28.1 Å². The number of nitrogens with zero attached hydrogens (tertiary/aromatic N) is 4. The molecule has 42 heavy (non-hydrogen) atoms. The standard InChI is InChI=1S/C27H23F3N6O5S/c28-27(29,30)14-41-18-2-3-19-16(9-18)5-7-26(19)10-20-22(25(38)34-26)23(33-24(37)17-6-8-42(39,40)13-17)36(35-20)21-4-1-15(11-31)12-32-21/h1-4,9,12,17H,5-8,10,13-14H2,(H,33,37)(H,34,38)/t17?,26-/m0/s1. The Balaban J connectivity index is 1.36. The van der Waals surface area contributed by atoms with Gasteiger partial charge in [-0.15, -0.1) is 0 Å². The number of halogens is 3. The molecule has 6 rings (SSSR count). The van der Waals surface area contributed by atoms with Gasteiger partial charge in [0.05, 0.1) is 34.2 Å². The Morgan fingerprint density at radius 3 is 2.76 bits per heavy atom. The van der Waals surface area contributed by atoms with Crippen LogP contribution >= 0.6 is 0 Å². The summed E-state index contributed by atoms with van der Waals surface area (Å²) in [7, 11) is -3.35. The molecule has 2 N–H and O–H groups in total. The molecule has 2 aliphatic heterocycles. The first kappa shape index (κ1) is 27.7. The fourth-order valence-electron chi connectivity index (χ4n) is 5.81. The monoisotopic (exact) mass is 600 g/mol. The molecule has 15 heteroatoms. The number of amides is 2. The summed E-state index contributed by atoms with van der Waals surface area (Å²) in [4.78, 5) is 31.1. The lowest BCUT2D eigenvalue weighted by Gasteiger charge is -2.35. The van der Waals surface area contributed by atoms with Gasteiger partial charge < -0.3 is 15.4 Å². The highest BCUT2D eigenvalue weighted by atomic mass is 32.2. The number of pyridine rings is 1. The van der Waals surface area contributed by atoms with Gasteiger partial charge in [-0.05, 0) is 54.7 Å². The number of sulfone groups is 1. The molecule has 3 aliphatic rings. The minimum Gasteiger partial charge on any atom is -0.484 e. The van der Waals surface area contributed by atoms with Crippen LogP contribution in [0.15, 0.2) is 36.5 Å². The van der Waals surface area contributed by atoms with Crippen molar-refractivity contribution in [2.24, 2.45) is 5.92 Å². The number of fused-ring (bicyclic) bond motifs is 3. The zero-order chi connectivity index (χ0) is 29.9. The maximum absolute atomic E-state index is 13.7. The fourth-order valence-corrected chi connectivity index (χ4v) is 7.55. The Morgan fingerprint density at radius 2 is 2.10 bits per heavy atom. The van der Waals surface area contributed by atoms with E-state index in [9.17, 15) is 31.2 Å². The number of carbonyl (C=O) groups excluding carboxylic acids is 2. The molecule has 0 radical (unpaired) electrons. The van der Waals surface area contributed by atoms with Gasteiger partial charge in [0.1, 0.15) is 17.4 Å². The summed E-state index contributed by atoms with van der Waals surface area (Å²) in [6.45, 7) is -1.42. The number of nitriles is 1. The van der Waals surface area contributed by atoms with Crippen molar-refractivity contribution >= 4 is 27.5 Å². The molecule has 2 aromatic heterocycles. The maximum Gasteiger partial charge on any atom is 0.422 e. The van der Waals surface area contributed by atoms with Gasteiger partial charge in [-0.2, -0.15) is 28.2 Å². The third-order valence-electron chi connectivity index (χ3n) is 7.76. The molecule has 0 saturated carbocycles. The van der Waals surface area contributed by atoms with E-state index in [4.69, 9.17) is 10.00 Å². The average molecular weight is 601 g/mol. The second kappa shape index (κ2) is 9.83. The van der Waals surface area contributed by atoms with E-state index >= 15 is 0 Å². The van der Waals surface area contributed by atoms with Crippen LogP contribution in [0.4, 0.5) is 19.0 Å². The van der Waals surface area contributed by atoms with Crippen LogP contribution in [0.2, 0.25) is 0 Å². The predicted octanol–water partition coefficient (Wildman–Crippen LogP) is 2.58. The Morgan fingerprint density at radius 1 is 1.29 bits per heavy atom. The minimum atomic E-state index is -4.48. The summed E-state index contributed by atoms with van der Waals surface area (Å²) in [5.41, 5.74) is 1.32. The molecule has 1 aliphatic carbocycles. The lowest BCUT2D eigenvalue weighted by molar-refractivity contribution is -0.153. The predicted molar refractivity (Wildman–Crippen MR) is 141 cm³/mol. The summed E-state index contributed by atoms with van der Waals surface area (Å²) in [5, 5.41) is 19.5. The van der Waals surface area contributed by atoms with Crippen molar-refractivity contribution in [1.82, 2.24) is 20.1 Å². The summed E-state index contributed by atoms with van der Waals surface area (Å²) >= 11 is 0. The van der Waals surface area contributed by atoms with Gasteiger partial charge in [-0.3, -0.25) is 9.59 Å². The molecule has 1 saturated heterocycles. The smallest absolute Gasteiger partial charge is 0.422 e. The molecule has 1 spiro atoms. The van der Waals surface area contributed by atoms with Crippen LogP contribution in [0.3, 0.4) is 0 Å². The molecule has 1 unspecified atom stereocenters. The molecule has 4 heterocycles. The SMILES string of the molecule is N#Cc1ccc(-n2nc3c(c2NC(=O)C2CCS(=O)(=O)C2)C(=O)N[C@@]2(CCc4cc(OCC(F)(F)F)ccc42)C3)nc1. The van der Waals surface area contributed by atoms with Crippen molar-refractivity contribution in [3.05, 3.63) is 64.5 Å². The summed E-state index contributed by atoms with van der Waals surface area (Å²) in [6.07, 6.45) is -1.85. The van der Waals surface area contributed by atoms with Crippen LogP contribution in [-0.2, 0) is 33.0 Å². The first-order chi connectivity index (χ1) is 19.9. The second-order valence-electron chi connectivity index (χ2n) is 10.6.